The lowest BCUT2D eigenvalue weighted by Gasteiger charge is -2.35. The smallest absolute Gasteiger partial charge is 0.224 e. The minimum absolute atomic E-state index is 0.169. The topological polar surface area (TPSA) is 85.8 Å². The van der Waals surface area contributed by atoms with E-state index in [-0.39, 0.29) is 5.91 Å². The van der Waals surface area contributed by atoms with Crippen molar-refractivity contribution in [3.63, 3.8) is 0 Å². The number of aromatic nitrogens is 2. The molecular weight excluding hydrogens is 366 g/mol. The minimum Gasteiger partial charge on any atom is -0.356 e. The number of hydrogen-bond acceptors (Lipinski definition) is 5. The summed E-state index contributed by atoms with van der Waals surface area (Å²) >= 11 is 0. The molecule has 3 rings (SSSR count). The Balaban J connectivity index is 1.33. The third-order valence-corrected chi connectivity index (χ3v) is 4.86. The number of anilines is 1. The molecule has 0 bridgehead atoms. The standard InChI is InChI=1S/C21H29N7O/c1-22-21(25-12-8-18-6-2-4-10-23-18)26-13-9-20(29)28-16-14-27(15-17-28)19-7-3-5-11-24-19/h2-7,10-11H,8-9,12-17H2,1H3,(H2,22,25,26). The highest BCUT2D eigenvalue weighted by molar-refractivity contribution is 5.81. The van der Waals surface area contributed by atoms with Crippen molar-refractivity contribution >= 4 is 17.7 Å². The SMILES string of the molecule is CN=C(NCCC(=O)N1CCN(c2ccccn2)CC1)NCCc1ccccn1. The molecule has 8 nitrogen and oxygen atoms in total. The second-order valence-corrected chi connectivity index (χ2v) is 6.80. The molecule has 0 aliphatic carbocycles. The summed E-state index contributed by atoms with van der Waals surface area (Å²) in [5, 5.41) is 6.47. The van der Waals surface area contributed by atoms with Crippen LogP contribution >= 0.6 is 0 Å². The summed E-state index contributed by atoms with van der Waals surface area (Å²) in [7, 11) is 1.73. The van der Waals surface area contributed by atoms with Crippen LogP contribution < -0.4 is 15.5 Å². The van der Waals surface area contributed by atoms with Crippen LogP contribution in [0, 0.1) is 0 Å². The van der Waals surface area contributed by atoms with Gasteiger partial charge >= 0.3 is 0 Å². The van der Waals surface area contributed by atoms with Gasteiger partial charge in [-0.2, -0.15) is 0 Å². The first-order valence-corrected chi connectivity index (χ1v) is 10.0. The van der Waals surface area contributed by atoms with Crippen LogP contribution in [-0.4, -0.2) is 73.1 Å². The van der Waals surface area contributed by atoms with Crippen LogP contribution in [0.4, 0.5) is 5.82 Å². The molecule has 1 fully saturated rings. The number of amides is 1. The summed E-state index contributed by atoms with van der Waals surface area (Å²) in [6.45, 7) is 4.38. The fourth-order valence-electron chi connectivity index (χ4n) is 3.25. The minimum atomic E-state index is 0.169. The van der Waals surface area contributed by atoms with Crippen molar-refractivity contribution < 1.29 is 4.79 Å². The fourth-order valence-corrected chi connectivity index (χ4v) is 3.25. The van der Waals surface area contributed by atoms with E-state index in [9.17, 15) is 4.79 Å². The van der Waals surface area contributed by atoms with Crippen LogP contribution in [0.15, 0.2) is 53.8 Å². The fraction of sp³-hybridized carbons (Fsp3) is 0.429. The van der Waals surface area contributed by atoms with E-state index in [1.54, 1.807) is 19.4 Å². The number of rotatable bonds is 7. The third-order valence-electron chi connectivity index (χ3n) is 4.86. The van der Waals surface area contributed by atoms with Crippen LogP contribution in [0.1, 0.15) is 12.1 Å². The number of aliphatic imine (C=N–C) groups is 1. The highest BCUT2D eigenvalue weighted by Crippen LogP contribution is 2.12. The molecule has 0 unspecified atom stereocenters. The molecule has 154 valence electrons. The Kier molecular flexibility index (Phi) is 7.80. The number of carbonyl (C=O) groups excluding carboxylic acids is 1. The van der Waals surface area contributed by atoms with Crippen LogP contribution in [0.5, 0.6) is 0 Å². The summed E-state index contributed by atoms with van der Waals surface area (Å²) in [6.07, 6.45) is 4.87. The number of hydrogen-bond donors (Lipinski definition) is 2. The predicted molar refractivity (Wildman–Crippen MR) is 115 cm³/mol. The van der Waals surface area contributed by atoms with Gasteiger partial charge in [-0.25, -0.2) is 4.98 Å². The second kappa shape index (κ2) is 11.0. The lowest BCUT2D eigenvalue weighted by Crippen LogP contribution is -2.49. The number of nitrogens with one attached hydrogen (secondary N) is 2. The van der Waals surface area contributed by atoms with Gasteiger partial charge < -0.3 is 20.4 Å². The molecule has 0 radical (unpaired) electrons. The highest BCUT2D eigenvalue weighted by atomic mass is 16.2. The van der Waals surface area contributed by atoms with Crippen molar-refractivity contribution in [1.82, 2.24) is 25.5 Å². The molecule has 0 aromatic carbocycles. The first kappa shape index (κ1) is 20.6. The zero-order chi connectivity index (χ0) is 20.3. The van der Waals surface area contributed by atoms with Crippen LogP contribution in [0.2, 0.25) is 0 Å². The van der Waals surface area contributed by atoms with E-state index in [1.165, 1.54) is 0 Å². The number of piperazine rings is 1. The van der Waals surface area contributed by atoms with Gasteiger partial charge in [-0.05, 0) is 24.3 Å². The summed E-state index contributed by atoms with van der Waals surface area (Å²) < 4.78 is 0. The van der Waals surface area contributed by atoms with Gasteiger partial charge in [0.1, 0.15) is 5.82 Å². The number of nitrogens with zero attached hydrogens (tertiary/aromatic N) is 5. The number of pyridine rings is 2. The molecule has 1 aliphatic rings. The number of guanidine groups is 1. The molecule has 2 aromatic rings. The van der Waals surface area contributed by atoms with Crippen LogP contribution in [0.3, 0.4) is 0 Å². The summed E-state index contributed by atoms with van der Waals surface area (Å²) in [5.74, 6) is 1.85. The lowest BCUT2D eigenvalue weighted by molar-refractivity contribution is -0.131. The summed E-state index contributed by atoms with van der Waals surface area (Å²) in [4.78, 5) is 29.5. The van der Waals surface area contributed by atoms with E-state index in [0.29, 0.717) is 18.9 Å². The molecule has 1 saturated heterocycles. The molecule has 1 aliphatic heterocycles. The van der Waals surface area contributed by atoms with E-state index < -0.39 is 0 Å². The molecule has 0 saturated carbocycles. The van der Waals surface area contributed by atoms with Crippen LogP contribution in [0.25, 0.3) is 0 Å². The zero-order valence-electron chi connectivity index (χ0n) is 16.9. The molecule has 1 amide bonds. The van der Waals surface area contributed by atoms with Gasteiger partial charge in [0.2, 0.25) is 5.91 Å². The van der Waals surface area contributed by atoms with E-state index in [1.807, 2.05) is 41.3 Å². The van der Waals surface area contributed by atoms with Gasteiger partial charge in [0.25, 0.3) is 0 Å². The van der Waals surface area contributed by atoms with Gasteiger partial charge in [0.05, 0.1) is 0 Å². The summed E-state index contributed by atoms with van der Waals surface area (Å²) in [6, 6.07) is 11.8. The Morgan fingerprint density at radius 3 is 2.38 bits per heavy atom. The second-order valence-electron chi connectivity index (χ2n) is 6.80. The number of carbonyl (C=O) groups is 1. The van der Waals surface area contributed by atoms with Gasteiger partial charge in [-0.1, -0.05) is 12.1 Å². The largest absolute Gasteiger partial charge is 0.356 e. The van der Waals surface area contributed by atoms with Gasteiger partial charge in [0, 0.05) is 77.2 Å². The Morgan fingerprint density at radius 1 is 1.00 bits per heavy atom. The molecular formula is C21H29N7O. The molecule has 8 heteroatoms. The van der Waals surface area contributed by atoms with Gasteiger partial charge in [0.15, 0.2) is 5.96 Å². The Hall–Kier alpha value is -3.16. The van der Waals surface area contributed by atoms with E-state index in [0.717, 1.165) is 50.7 Å². The molecule has 3 heterocycles. The highest BCUT2D eigenvalue weighted by Gasteiger charge is 2.21. The zero-order valence-corrected chi connectivity index (χ0v) is 16.9. The van der Waals surface area contributed by atoms with Crippen molar-refractivity contribution in [2.45, 2.75) is 12.8 Å². The van der Waals surface area contributed by atoms with E-state index >= 15 is 0 Å². The Labute approximate surface area is 172 Å². The lowest BCUT2D eigenvalue weighted by atomic mass is 10.2. The maximum Gasteiger partial charge on any atom is 0.224 e. The molecule has 0 atom stereocenters. The Morgan fingerprint density at radius 2 is 1.72 bits per heavy atom. The van der Waals surface area contributed by atoms with Crippen molar-refractivity contribution in [3.8, 4) is 0 Å². The van der Waals surface area contributed by atoms with Gasteiger partial charge in [-0.15, -0.1) is 0 Å². The quantitative estimate of drug-likeness (QED) is 0.536. The summed E-state index contributed by atoms with van der Waals surface area (Å²) in [5.41, 5.74) is 1.04. The maximum absolute atomic E-state index is 12.5. The maximum atomic E-state index is 12.5. The average molecular weight is 396 g/mol. The van der Waals surface area contributed by atoms with Crippen molar-refractivity contribution in [2.24, 2.45) is 4.99 Å². The average Bonchev–Trinajstić information content (AvgIpc) is 2.79. The van der Waals surface area contributed by atoms with Gasteiger partial charge in [-0.3, -0.25) is 14.8 Å². The van der Waals surface area contributed by atoms with Crippen molar-refractivity contribution in [2.75, 3.05) is 51.2 Å². The molecule has 2 N–H and O–H groups in total. The monoisotopic (exact) mass is 395 g/mol. The van der Waals surface area contributed by atoms with Crippen molar-refractivity contribution in [3.05, 3.63) is 54.5 Å². The first-order valence-electron chi connectivity index (χ1n) is 10.0. The first-order chi connectivity index (χ1) is 14.3. The van der Waals surface area contributed by atoms with Crippen LogP contribution in [-0.2, 0) is 11.2 Å². The van der Waals surface area contributed by atoms with Crippen molar-refractivity contribution in [1.29, 1.82) is 0 Å². The molecule has 0 spiro atoms. The van der Waals surface area contributed by atoms with E-state index in [4.69, 9.17) is 0 Å². The predicted octanol–water partition coefficient (Wildman–Crippen LogP) is 0.923. The van der Waals surface area contributed by atoms with E-state index in [2.05, 4.69) is 30.5 Å². The third kappa shape index (κ3) is 6.44. The molecule has 29 heavy (non-hydrogen) atoms. The normalized spacial score (nSPS) is 14.6. The molecule has 2 aromatic heterocycles. The Bertz CT molecular complexity index is 774.